The summed E-state index contributed by atoms with van der Waals surface area (Å²) >= 11 is 0. The minimum atomic E-state index is -0.0342. The second-order valence-electron chi connectivity index (χ2n) is 7.28. The number of hydrogen-bond donors (Lipinski definition) is 2. The number of urea groups is 1. The lowest BCUT2D eigenvalue weighted by Crippen LogP contribution is -2.67. The molecule has 6 heteroatoms. The molecule has 5 nitrogen and oxygen atoms in total. The molecule has 0 spiro atoms. The molecule has 5 saturated heterocycles. The van der Waals surface area contributed by atoms with Gasteiger partial charge in [0.05, 0.1) is 12.2 Å². The largest absolute Gasteiger partial charge is 0.375 e. The van der Waals surface area contributed by atoms with Crippen LogP contribution in [-0.2, 0) is 4.74 Å². The predicted octanol–water partition coefficient (Wildman–Crippen LogP) is 1.65. The van der Waals surface area contributed by atoms with E-state index in [0.29, 0.717) is 24.3 Å². The third kappa shape index (κ3) is 2.76. The minimum absolute atomic E-state index is 0. The van der Waals surface area contributed by atoms with Crippen molar-refractivity contribution in [3.8, 4) is 0 Å². The summed E-state index contributed by atoms with van der Waals surface area (Å²) in [6.07, 6.45) is 7.04. The lowest BCUT2D eigenvalue weighted by atomic mass is 9.78. The zero-order chi connectivity index (χ0) is 13.7. The summed E-state index contributed by atoms with van der Waals surface area (Å²) in [6, 6.07) is 0.997. The van der Waals surface area contributed by atoms with Crippen LogP contribution in [0.1, 0.15) is 45.4 Å². The van der Waals surface area contributed by atoms with Gasteiger partial charge >= 0.3 is 6.03 Å². The van der Waals surface area contributed by atoms with Crippen LogP contribution in [0.25, 0.3) is 0 Å². The van der Waals surface area contributed by atoms with Crippen LogP contribution in [0, 0.1) is 0 Å². The summed E-state index contributed by atoms with van der Waals surface area (Å²) in [5.41, 5.74) is -0.0342. The Bertz CT molecular complexity index is 384. The van der Waals surface area contributed by atoms with Gasteiger partial charge in [0.15, 0.2) is 0 Å². The van der Waals surface area contributed by atoms with Gasteiger partial charge in [-0.1, -0.05) is 0 Å². The monoisotopic (exact) mass is 315 g/mol. The van der Waals surface area contributed by atoms with E-state index in [0.717, 1.165) is 51.6 Å². The number of nitrogens with one attached hydrogen (secondary N) is 2. The molecule has 0 aromatic rings. The molecule has 0 aliphatic carbocycles. The number of piperidine rings is 3. The van der Waals surface area contributed by atoms with E-state index in [-0.39, 0.29) is 24.0 Å². The summed E-state index contributed by atoms with van der Waals surface area (Å²) in [5, 5.41) is 6.69. The maximum absolute atomic E-state index is 12.8. The molecule has 0 radical (unpaired) electrons. The van der Waals surface area contributed by atoms with E-state index < -0.39 is 0 Å². The van der Waals surface area contributed by atoms with Gasteiger partial charge in [0.25, 0.3) is 0 Å². The molecule has 4 bridgehead atoms. The molecule has 0 unspecified atom stereocenters. The number of ether oxygens (including phenoxy) is 1. The Kier molecular flexibility index (Phi) is 4.10. The average Bonchev–Trinajstić information content (AvgIpc) is 2.37. The number of amides is 2. The molecular formula is C15H26ClN3O2. The van der Waals surface area contributed by atoms with Gasteiger partial charge in [-0.15, -0.1) is 12.4 Å². The molecule has 0 saturated carbocycles. The molecule has 0 atom stereocenters. The highest BCUT2D eigenvalue weighted by Gasteiger charge is 2.50. The normalized spacial score (nSPS) is 39.8. The van der Waals surface area contributed by atoms with Crippen LogP contribution in [0.5, 0.6) is 0 Å². The lowest BCUT2D eigenvalue weighted by molar-refractivity contribution is -0.168. The molecule has 5 aliphatic rings. The smallest absolute Gasteiger partial charge is 0.318 e. The molecule has 21 heavy (non-hydrogen) atoms. The lowest BCUT2D eigenvalue weighted by Gasteiger charge is -2.56. The minimum Gasteiger partial charge on any atom is -0.375 e. The zero-order valence-corrected chi connectivity index (χ0v) is 13.5. The van der Waals surface area contributed by atoms with Crippen molar-refractivity contribution in [3.05, 3.63) is 0 Å². The van der Waals surface area contributed by atoms with Crippen LogP contribution < -0.4 is 10.6 Å². The summed E-state index contributed by atoms with van der Waals surface area (Å²) in [7, 11) is 0. The Morgan fingerprint density at radius 2 is 1.67 bits per heavy atom. The standard InChI is InChI=1S/C15H25N3O2.ClH/c1-15(2-4-16-5-3-15)17-14(19)18-10-6-12-8-11(18)9-13(7-10)20-12;/h10-13,16H,2-9H2,1H3,(H,17,19);1H. The molecule has 0 aromatic carbocycles. The van der Waals surface area contributed by atoms with Crippen molar-refractivity contribution in [2.24, 2.45) is 0 Å². The molecule has 0 aromatic heterocycles. The number of carbonyl (C=O) groups is 1. The van der Waals surface area contributed by atoms with Crippen LogP contribution in [0.4, 0.5) is 4.79 Å². The van der Waals surface area contributed by atoms with E-state index >= 15 is 0 Å². The van der Waals surface area contributed by atoms with Gasteiger partial charge in [-0.05, 0) is 58.5 Å². The fraction of sp³-hybridized carbons (Fsp3) is 0.933. The van der Waals surface area contributed by atoms with Crippen molar-refractivity contribution < 1.29 is 9.53 Å². The van der Waals surface area contributed by atoms with Crippen molar-refractivity contribution in [2.45, 2.75) is 75.3 Å². The first-order chi connectivity index (χ1) is 9.63. The Morgan fingerprint density at radius 1 is 1.14 bits per heavy atom. The third-order valence-electron chi connectivity index (χ3n) is 5.66. The fourth-order valence-electron chi connectivity index (χ4n) is 4.60. The predicted molar refractivity (Wildman–Crippen MR) is 82.8 cm³/mol. The van der Waals surface area contributed by atoms with Crippen molar-refractivity contribution in [2.75, 3.05) is 13.1 Å². The summed E-state index contributed by atoms with van der Waals surface area (Å²) in [5.74, 6) is 0. The van der Waals surface area contributed by atoms with Crippen LogP contribution >= 0.6 is 12.4 Å². The molecule has 2 N–H and O–H groups in total. The fourth-order valence-corrected chi connectivity index (χ4v) is 4.60. The van der Waals surface area contributed by atoms with Gasteiger partial charge in [0.2, 0.25) is 0 Å². The first kappa shape index (κ1) is 15.4. The average molecular weight is 316 g/mol. The molecule has 5 fully saturated rings. The van der Waals surface area contributed by atoms with E-state index in [1.165, 1.54) is 0 Å². The van der Waals surface area contributed by atoms with Crippen LogP contribution in [0.3, 0.4) is 0 Å². The number of rotatable bonds is 1. The van der Waals surface area contributed by atoms with E-state index in [2.05, 4.69) is 22.5 Å². The molecule has 5 aliphatic heterocycles. The topological polar surface area (TPSA) is 53.6 Å². The molecule has 5 rings (SSSR count). The van der Waals surface area contributed by atoms with Gasteiger partial charge in [-0.3, -0.25) is 0 Å². The van der Waals surface area contributed by atoms with Crippen molar-refractivity contribution in [1.29, 1.82) is 0 Å². The second kappa shape index (κ2) is 5.60. The number of nitrogens with zero attached hydrogens (tertiary/aromatic N) is 1. The molecule has 120 valence electrons. The summed E-state index contributed by atoms with van der Waals surface area (Å²) in [6.45, 7) is 4.19. The number of hydrogen-bond acceptors (Lipinski definition) is 3. The number of halogens is 1. The quantitative estimate of drug-likeness (QED) is 0.773. The maximum atomic E-state index is 12.8. The van der Waals surface area contributed by atoms with Crippen molar-refractivity contribution in [3.63, 3.8) is 0 Å². The molecular weight excluding hydrogens is 290 g/mol. The van der Waals surface area contributed by atoms with Gasteiger partial charge in [0, 0.05) is 17.6 Å². The Labute approximate surface area is 132 Å². The van der Waals surface area contributed by atoms with Crippen LogP contribution in [-0.4, -0.2) is 53.9 Å². The van der Waals surface area contributed by atoms with E-state index in [4.69, 9.17) is 4.74 Å². The van der Waals surface area contributed by atoms with Crippen LogP contribution in [0.15, 0.2) is 0 Å². The van der Waals surface area contributed by atoms with E-state index in [1.54, 1.807) is 0 Å². The second-order valence-corrected chi connectivity index (χ2v) is 7.28. The summed E-state index contributed by atoms with van der Waals surface area (Å²) in [4.78, 5) is 14.9. The highest BCUT2D eigenvalue weighted by atomic mass is 35.5. The van der Waals surface area contributed by atoms with E-state index in [9.17, 15) is 4.79 Å². The highest BCUT2D eigenvalue weighted by molar-refractivity contribution is 5.85. The Morgan fingerprint density at radius 3 is 2.19 bits per heavy atom. The third-order valence-corrected chi connectivity index (χ3v) is 5.66. The van der Waals surface area contributed by atoms with Crippen LogP contribution in [0.2, 0.25) is 0 Å². The molecule has 5 heterocycles. The SMILES string of the molecule is CC1(NC(=O)N2C3CC4CC2CC(C3)O4)CCNCC1.Cl. The van der Waals surface area contributed by atoms with Gasteiger partial charge in [-0.2, -0.15) is 0 Å². The zero-order valence-electron chi connectivity index (χ0n) is 12.6. The number of carbonyl (C=O) groups excluding carboxylic acids is 1. The Hall–Kier alpha value is -0.520. The Balaban J connectivity index is 0.00000132. The van der Waals surface area contributed by atoms with Crippen molar-refractivity contribution in [1.82, 2.24) is 15.5 Å². The van der Waals surface area contributed by atoms with Gasteiger partial charge < -0.3 is 20.3 Å². The van der Waals surface area contributed by atoms with Crippen molar-refractivity contribution >= 4 is 18.4 Å². The molecule has 2 amide bonds. The summed E-state index contributed by atoms with van der Waals surface area (Å²) < 4.78 is 5.95. The first-order valence-corrected chi connectivity index (χ1v) is 8.10. The highest BCUT2D eigenvalue weighted by Crippen LogP contribution is 2.42. The van der Waals surface area contributed by atoms with E-state index in [1.807, 2.05) is 0 Å². The van der Waals surface area contributed by atoms with Gasteiger partial charge in [-0.25, -0.2) is 4.79 Å². The van der Waals surface area contributed by atoms with Gasteiger partial charge in [0.1, 0.15) is 0 Å². The maximum Gasteiger partial charge on any atom is 0.318 e. The first-order valence-electron chi connectivity index (χ1n) is 8.10.